The molecule has 0 N–H and O–H groups in total. The van der Waals surface area contributed by atoms with Gasteiger partial charge in [0, 0.05) is 44.6 Å². The number of nitrogens with zero attached hydrogens (tertiary/aromatic N) is 3. The molecule has 2 atom stereocenters. The molecule has 0 aliphatic carbocycles. The largest absolute Gasteiger partial charge is 0.485 e. The van der Waals surface area contributed by atoms with Crippen molar-refractivity contribution in [2.45, 2.75) is 32.6 Å². The quantitative estimate of drug-likeness (QED) is 0.387. The maximum atomic E-state index is 13.2. The molecule has 2 aliphatic heterocycles. The van der Waals surface area contributed by atoms with Crippen LogP contribution in [-0.2, 0) is 9.59 Å². The lowest BCUT2D eigenvalue weighted by molar-refractivity contribution is -0.148. The summed E-state index contributed by atoms with van der Waals surface area (Å²) in [6.07, 6.45) is -3.10. The van der Waals surface area contributed by atoms with Gasteiger partial charge in [0.15, 0.2) is 6.61 Å². The summed E-state index contributed by atoms with van der Waals surface area (Å²) in [6, 6.07) is 6.57. The standard InChI is InChI=1S/C22H29F4N3O3.ClH/c1-15-16(2)20(31)29(19(15)30)9-5-8-27-10-12-28(13-11-27)17-6-3-4-7-18(17)32-14-22(25,26)21(23)24;/h3-4,6-7,15-16,21H,5,8-14H2,1-2H3;1H. The van der Waals surface area contributed by atoms with E-state index in [0.717, 1.165) is 6.54 Å². The van der Waals surface area contributed by atoms with Crippen LogP contribution in [0.2, 0.25) is 0 Å². The minimum Gasteiger partial charge on any atom is -0.485 e. The molecule has 11 heteroatoms. The molecule has 6 nitrogen and oxygen atoms in total. The fourth-order valence-corrected chi connectivity index (χ4v) is 3.99. The van der Waals surface area contributed by atoms with E-state index in [1.807, 2.05) is 4.90 Å². The van der Waals surface area contributed by atoms with Crippen LogP contribution in [0.3, 0.4) is 0 Å². The van der Waals surface area contributed by atoms with Crippen molar-refractivity contribution in [1.29, 1.82) is 0 Å². The van der Waals surface area contributed by atoms with E-state index in [2.05, 4.69) is 4.90 Å². The predicted octanol–water partition coefficient (Wildman–Crippen LogP) is 3.54. The molecule has 33 heavy (non-hydrogen) atoms. The number of hydrogen-bond donors (Lipinski definition) is 0. The fourth-order valence-electron chi connectivity index (χ4n) is 3.99. The topological polar surface area (TPSA) is 53.1 Å². The van der Waals surface area contributed by atoms with Gasteiger partial charge < -0.3 is 9.64 Å². The van der Waals surface area contributed by atoms with E-state index in [4.69, 9.17) is 4.74 Å². The Hall–Kier alpha value is -2.07. The van der Waals surface area contributed by atoms with Crippen LogP contribution in [0.15, 0.2) is 24.3 Å². The first-order chi connectivity index (χ1) is 15.1. The highest BCUT2D eigenvalue weighted by molar-refractivity contribution is 6.04. The van der Waals surface area contributed by atoms with Crippen molar-refractivity contribution < 1.29 is 31.9 Å². The Morgan fingerprint density at radius 3 is 2.15 bits per heavy atom. The third-order valence-corrected chi connectivity index (χ3v) is 6.23. The minimum absolute atomic E-state index is 0. The maximum Gasteiger partial charge on any atom is 0.340 e. The molecule has 0 spiro atoms. The average molecular weight is 496 g/mol. The van der Waals surface area contributed by atoms with Gasteiger partial charge in [-0.3, -0.25) is 19.4 Å². The third kappa shape index (κ3) is 6.29. The number of alkyl halides is 4. The van der Waals surface area contributed by atoms with Gasteiger partial charge in [-0.1, -0.05) is 26.0 Å². The zero-order valence-corrected chi connectivity index (χ0v) is 19.5. The Labute approximate surface area is 197 Å². The average Bonchev–Trinajstić information content (AvgIpc) is 2.96. The lowest BCUT2D eigenvalue weighted by Gasteiger charge is -2.37. The molecule has 0 bridgehead atoms. The zero-order chi connectivity index (χ0) is 23.5. The van der Waals surface area contributed by atoms with Crippen molar-refractivity contribution >= 4 is 29.9 Å². The lowest BCUT2D eigenvalue weighted by atomic mass is 10.00. The summed E-state index contributed by atoms with van der Waals surface area (Å²) in [5.74, 6) is -4.82. The van der Waals surface area contributed by atoms with Crippen LogP contribution in [0.5, 0.6) is 5.75 Å². The van der Waals surface area contributed by atoms with E-state index in [-0.39, 0.29) is 41.8 Å². The molecule has 1 aromatic carbocycles. The Kier molecular flexibility index (Phi) is 9.37. The number of rotatable bonds is 9. The Morgan fingerprint density at radius 2 is 1.58 bits per heavy atom. The summed E-state index contributed by atoms with van der Waals surface area (Å²) in [7, 11) is 0. The van der Waals surface area contributed by atoms with Crippen LogP contribution >= 0.6 is 12.4 Å². The number of halogens is 5. The molecule has 2 fully saturated rings. The Bertz CT molecular complexity index is 802. The van der Waals surface area contributed by atoms with Crippen molar-refractivity contribution in [3.8, 4) is 5.75 Å². The van der Waals surface area contributed by atoms with Crippen LogP contribution < -0.4 is 9.64 Å². The molecular formula is C22H30ClF4N3O3. The van der Waals surface area contributed by atoms with E-state index in [0.29, 0.717) is 44.8 Å². The minimum atomic E-state index is -4.21. The molecule has 2 heterocycles. The smallest absolute Gasteiger partial charge is 0.340 e. The van der Waals surface area contributed by atoms with Crippen molar-refractivity contribution in [1.82, 2.24) is 9.80 Å². The first-order valence-electron chi connectivity index (χ1n) is 10.8. The summed E-state index contributed by atoms with van der Waals surface area (Å²) in [5, 5.41) is 0. The second-order valence-corrected chi connectivity index (χ2v) is 8.41. The lowest BCUT2D eigenvalue weighted by Crippen LogP contribution is -2.47. The van der Waals surface area contributed by atoms with Gasteiger partial charge in [-0.05, 0) is 25.1 Å². The molecular weight excluding hydrogens is 466 g/mol. The van der Waals surface area contributed by atoms with Crippen LogP contribution in [0.25, 0.3) is 0 Å². The van der Waals surface area contributed by atoms with Crippen molar-refractivity contribution in [2.75, 3.05) is 50.8 Å². The second-order valence-electron chi connectivity index (χ2n) is 8.41. The fraction of sp³-hybridized carbons (Fsp3) is 0.636. The van der Waals surface area contributed by atoms with E-state index in [9.17, 15) is 27.2 Å². The number of carbonyl (C=O) groups excluding carboxylic acids is 2. The number of carbonyl (C=O) groups is 2. The summed E-state index contributed by atoms with van der Waals surface area (Å²) in [4.78, 5) is 29.9. The van der Waals surface area contributed by atoms with Crippen LogP contribution in [0.1, 0.15) is 20.3 Å². The summed E-state index contributed by atoms with van der Waals surface area (Å²) < 4.78 is 56.3. The van der Waals surface area contributed by atoms with E-state index in [1.54, 1.807) is 32.0 Å². The molecule has 3 rings (SSSR count). The van der Waals surface area contributed by atoms with E-state index >= 15 is 0 Å². The highest BCUT2D eigenvalue weighted by Gasteiger charge is 2.42. The molecule has 0 saturated carbocycles. The highest BCUT2D eigenvalue weighted by atomic mass is 35.5. The van der Waals surface area contributed by atoms with E-state index in [1.165, 1.54) is 11.0 Å². The second kappa shape index (κ2) is 11.4. The third-order valence-electron chi connectivity index (χ3n) is 6.23. The number of benzene rings is 1. The van der Waals surface area contributed by atoms with Gasteiger partial charge in [-0.15, -0.1) is 12.4 Å². The number of ether oxygens (including phenoxy) is 1. The molecule has 0 radical (unpaired) electrons. The van der Waals surface area contributed by atoms with Crippen LogP contribution in [-0.4, -0.2) is 79.8 Å². The molecule has 186 valence electrons. The Balaban J connectivity index is 0.00000385. The SMILES string of the molecule is CC1C(=O)N(CCCN2CCN(c3ccccc3OCC(F)(F)C(F)F)CC2)C(=O)C1C.Cl. The summed E-state index contributed by atoms with van der Waals surface area (Å²) >= 11 is 0. The predicted molar refractivity (Wildman–Crippen MR) is 118 cm³/mol. The van der Waals surface area contributed by atoms with Gasteiger partial charge >= 0.3 is 12.3 Å². The van der Waals surface area contributed by atoms with Crippen molar-refractivity contribution in [3.05, 3.63) is 24.3 Å². The van der Waals surface area contributed by atoms with Gasteiger partial charge in [0.05, 0.1) is 5.69 Å². The van der Waals surface area contributed by atoms with E-state index < -0.39 is 19.0 Å². The number of likely N-dealkylation sites (tertiary alicyclic amines) is 1. The summed E-state index contributed by atoms with van der Waals surface area (Å²) in [5.41, 5.74) is 0.591. The normalized spacial score (nSPS) is 22.2. The number of piperazine rings is 1. The number of imide groups is 1. The van der Waals surface area contributed by atoms with Gasteiger partial charge in [0.2, 0.25) is 11.8 Å². The summed E-state index contributed by atoms with van der Waals surface area (Å²) in [6.45, 7) is 5.94. The number of hydrogen-bond acceptors (Lipinski definition) is 5. The van der Waals surface area contributed by atoms with Crippen LogP contribution in [0.4, 0.5) is 23.2 Å². The molecule has 2 amide bonds. The molecule has 2 unspecified atom stereocenters. The van der Waals surface area contributed by atoms with Gasteiger partial charge in [0.25, 0.3) is 0 Å². The zero-order valence-electron chi connectivity index (χ0n) is 18.7. The molecule has 2 saturated heterocycles. The van der Waals surface area contributed by atoms with Crippen molar-refractivity contribution in [2.24, 2.45) is 11.8 Å². The molecule has 1 aromatic rings. The van der Waals surface area contributed by atoms with Crippen LogP contribution in [0, 0.1) is 11.8 Å². The Morgan fingerprint density at radius 1 is 1.00 bits per heavy atom. The maximum absolute atomic E-state index is 13.2. The first-order valence-corrected chi connectivity index (χ1v) is 10.8. The number of anilines is 1. The molecule has 0 aromatic heterocycles. The van der Waals surface area contributed by atoms with Gasteiger partial charge in [-0.25, -0.2) is 8.78 Å². The van der Waals surface area contributed by atoms with Gasteiger partial charge in [0.1, 0.15) is 5.75 Å². The monoisotopic (exact) mass is 495 g/mol. The number of amides is 2. The number of para-hydroxylation sites is 2. The highest BCUT2D eigenvalue weighted by Crippen LogP contribution is 2.31. The van der Waals surface area contributed by atoms with Crippen molar-refractivity contribution in [3.63, 3.8) is 0 Å². The first kappa shape index (κ1) is 27.2. The van der Waals surface area contributed by atoms with Gasteiger partial charge in [-0.2, -0.15) is 8.78 Å². The molecule has 2 aliphatic rings.